The quantitative estimate of drug-likeness (QED) is 0.906. The number of ether oxygens (including phenoxy) is 2. The van der Waals surface area contributed by atoms with Gasteiger partial charge in [-0.3, -0.25) is 0 Å². The van der Waals surface area contributed by atoms with E-state index in [9.17, 15) is 9.18 Å². The van der Waals surface area contributed by atoms with Crippen molar-refractivity contribution in [3.63, 3.8) is 0 Å². The van der Waals surface area contributed by atoms with Crippen LogP contribution in [0.3, 0.4) is 0 Å². The van der Waals surface area contributed by atoms with E-state index in [2.05, 4.69) is 15.9 Å². The Bertz CT molecular complexity index is 395. The molecule has 16 heavy (non-hydrogen) atoms. The Hall–Kier alpha value is -1.30. The predicted molar refractivity (Wildman–Crippen MR) is 59.1 cm³/mol. The van der Waals surface area contributed by atoms with Crippen LogP contribution in [-0.4, -0.2) is 31.5 Å². The second kappa shape index (κ2) is 5.69. The highest BCUT2D eigenvalue weighted by atomic mass is 79.9. The maximum absolute atomic E-state index is 12.0. The van der Waals surface area contributed by atoms with E-state index in [-0.39, 0.29) is 17.9 Å². The molecular formula is C10H10BrFO4. The molecule has 0 radical (unpaired) electrons. The van der Waals surface area contributed by atoms with Crippen LogP contribution in [0.15, 0.2) is 16.6 Å². The minimum absolute atomic E-state index is 0.0660. The van der Waals surface area contributed by atoms with Gasteiger partial charge in [0, 0.05) is 0 Å². The van der Waals surface area contributed by atoms with Crippen molar-refractivity contribution in [3.8, 4) is 11.5 Å². The number of carboxylic acid groups (broad SMARTS) is 1. The third-order valence-corrected chi connectivity index (χ3v) is 2.39. The number of carbonyl (C=O) groups is 1. The lowest BCUT2D eigenvalue weighted by Crippen LogP contribution is -2.04. The summed E-state index contributed by atoms with van der Waals surface area (Å²) in [5.74, 6) is -0.526. The fraction of sp³-hybridized carbons (Fsp3) is 0.300. The molecule has 0 amide bonds. The first-order valence-electron chi connectivity index (χ1n) is 4.39. The lowest BCUT2D eigenvalue weighted by molar-refractivity contribution is 0.0696. The number of benzene rings is 1. The summed E-state index contributed by atoms with van der Waals surface area (Å²) < 4.78 is 22.5. The Morgan fingerprint density at radius 1 is 1.56 bits per heavy atom. The minimum Gasteiger partial charge on any atom is -0.493 e. The molecule has 0 atom stereocenters. The van der Waals surface area contributed by atoms with Gasteiger partial charge >= 0.3 is 5.97 Å². The molecule has 0 unspecified atom stereocenters. The highest BCUT2D eigenvalue weighted by Gasteiger charge is 2.14. The zero-order valence-corrected chi connectivity index (χ0v) is 10.1. The summed E-state index contributed by atoms with van der Waals surface area (Å²) in [4.78, 5) is 10.8. The molecule has 0 aliphatic rings. The van der Waals surface area contributed by atoms with Gasteiger partial charge in [0.25, 0.3) is 0 Å². The van der Waals surface area contributed by atoms with Crippen molar-refractivity contribution >= 4 is 21.9 Å². The van der Waals surface area contributed by atoms with Gasteiger partial charge in [0.2, 0.25) is 0 Å². The average molecular weight is 293 g/mol. The summed E-state index contributed by atoms with van der Waals surface area (Å²) in [5.41, 5.74) is 0.0660. The highest BCUT2D eigenvalue weighted by molar-refractivity contribution is 9.10. The molecule has 0 aliphatic carbocycles. The first-order valence-corrected chi connectivity index (χ1v) is 5.19. The van der Waals surface area contributed by atoms with E-state index in [0.717, 1.165) is 0 Å². The number of rotatable bonds is 5. The van der Waals surface area contributed by atoms with Crippen LogP contribution in [0.1, 0.15) is 10.4 Å². The number of aromatic carboxylic acids is 1. The number of methoxy groups -OCH3 is 1. The molecule has 0 saturated carbocycles. The summed E-state index contributed by atoms with van der Waals surface area (Å²) in [5, 5.41) is 8.82. The van der Waals surface area contributed by atoms with E-state index in [1.165, 1.54) is 19.2 Å². The number of alkyl halides is 1. The van der Waals surface area contributed by atoms with Crippen molar-refractivity contribution in [1.82, 2.24) is 0 Å². The molecule has 6 heteroatoms. The molecule has 0 heterocycles. The monoisotopic (exact) mass is 292 g/mol. The Morgan fingerprint density at radius 3 is 2.75 bits per heavy atom. The highest BCUT2D eigenvalue weighted by Crippen LogP contribution is 2.36. The maximum Gasteiger partial charge on any atom is 0.335 e. The van der Waals surface area contributed by atoms with Crippen LogP contribution < -0.4 is 9.47 Å². The minimum atomic E-state index is -1.07. The fourth-order valence-corrected chi connectivity index (χ4v) is 1.68. The van der Waals surface area contributed by atoms with E-state index in [1.807, 2.05) is 0 Å². The molecule has 1 aromatic rings. The molecule has 0 saturated heterocycles. The van der Waals surface area contributed by atoms with Gasteiger partial charge in [-0.05, 0) is 28.1 Å². The largest absolute Gasteiger partial charge is 0.493 e. The van der Waals surface area contributed by atoms with Gasteiger partial charge in [-0.2, -0.15) is 0 Å². The van der Waals surface area contributed by atoms with Crippen molar-refractivity contribution < 1.29 is 23.8 Å². The molecule has 88 valence electrons. The predicted octanol–water partition coefficient (Wildman–Crippen LogP) is 2.50. The summed E-state index contributed by atoms with van der Waals surface area (Å²) in [6.07, 6.45) is 0. The van der Waals surface area contributed by atoms with Crippen LogP contribution in [0.4, 0.5) is 4.39 Å². The van der Waals surface area contributed by atoms with Crippen molar-refractivity contribution in [2.45, 2.75) is 0 Å². The molecule has 1 aromatic carbocycles. The average Bonchev–Trinajstić information content (AvgIpc) is 2.26. The lowest BCUT2D eigenvalue weighted by Gasteiger charge is -2.12. The number of hydrogen-bond donors (Lipinski definition) is 1. The van der Waals surface area contributed by atoms with Crippen LogP contribution in [0.2, 0.25) is 0 Å². The van der Waals surface area contributed by atoms with Crippen molar-refractivity contribution in [3.05, 3.63) is 22.2 Å². The molecule has 1 rings (SSSR count). The standard InChI is InChI=1S/C10H10BrFO4/c1-15-8-5-6(10(13)14)4-7(11)9(8)16-3-2-12/h4-5H,2-3H2,1H3,(H,13,14). The molecule has 0 spiro atoms. The second-order valence-electron chi connectivity index (χ2n) is 2.83. The Morgan fingerprint density at radius 2 is 2.25 bits per heavy atom. The molecule has 4 nitrogen and oxygen atoms in total. The zero-order chi connectivity index (χ0) is 12.1. The van der Waals surface area contributed by atoms with Crippen LogP contribution >= 0.6 is 15.9 Å². The fourth-order valence-electron chi connectivity index (χ4n) is 1.12. The van der Waals surface area contributed by atoms with E-state index in [1.54, 1.807) is 0 Å². The molecular weight excluding hydrogens is 283 g/mol. The van der Waals surface area contributed by atoms with Gasteiger partial charge in [-0.25, -0.2) is 9.18 Å². The van der Waals surface area contributed by atoms with Crippen molar-refractivity contribution in [2.75, 3.05) is 20.4 Å². The second-order valence-corrected chi connectivity index (χ2v) is 3.69. The van der Waals surface area contributed by atoms with Crippen LogP contribution in [0.25, 0.3) is 0 Å². The van der Waals surface area contributed by atoms with Gasteiger partial charge in [0.05, 0.1) is 17.1 Å². The number of hydrogen-bond acceptors (Lipinski definition) is 3. The van der Waals surface area contributed by atoms with E-state index < -0.39 is 12.6 Å². The molecule has 0 aromatic heterocycles. The first-order chi connectivity index (χ1) is 7.60. The summed E-state index contributed by atoms with van der Waals surface area (Å²) in [7, 11) is 1.38. The number of halogens is 2. The normalized spacial score (nSPS) is 9.94. The maximum atomic E-state index is 12.0. The Balaban J connectivity index is 3.12. The zero-order valence-electron chi connectivity index (χ0n) is 8.50. The lowest BCUT2D eigenvalue weighted by atomic mass is 10.2. The molecule has 0 bridgehead atoms. The molecule has 0 fully saturated rings. The smallest absolute Gasteiger partial charge is 0.335 e. The third-order valence-electron chi connectivity index (χ3n) is 1.80. The van der Waals surface area contributed by atoms with E-state index in [0.29, 0.717) is 10.2 Å². The SMILES string of the molecule is COc1cc(C(=O)O)cc(Br)c1OCCF. The summed E-state index contributed by atoms with van der Waals surface area (Å²) >= 11 is 3.15. The van der Waals surface area contributed by atoms with Crippen LogP contribution in [0.5, 0.6) is 11.5 Å². The molecule has 0 aliphatic heterocycles. The number of carboxylic acids is 1. The summed E-state index contributed by atoms with van der Waals surface area (Å²) in [6.45, 7) is -0.738. The van der Waals surface area contributed by atoms with Gasteiger partial charge in [-0.1, -0.05) is 0 Å². The Kier molecular flexibility index (Phi) is 4.54. The molecule has 1 N–H and O–H groups in total. The van der Waals surface area contributed by atoms with Crippen LogP contribution in [0, 0.1) is 0 Å². The van der Waals surface area contributed by atoms with Gasteiger partial charge in [0.15, 0.2) is 11.5 Å². The Labute approximate surface area is 100 Å². The third kappa shape index (κ3) is 2.85. The van der Waals surface area contributed by atoms with Crippen molar-refractivity contribution in [1.29, 1.82) is 0 Å². The first kappa shape index (κ1) is 12.8. The van der Waals surface area contributed by atoms with Gasteiger partial charge in [0.1, 0.15) is 13.3 Å². The van der Waals surface area contributed by atoms with Gasteiger partial charge < -0.3 is 14.6 Å². The van der Waals surface area contributed by atoms with Crippen molar-refractivity contribution in [2.24, 2.45) is 0 Å². The van der Waals surface area contributed by atoms with E-state index >= 15 is 0 Å². The van der Waals surface area contributed by atoms with Gasteiger partial charge in [-0.15, -0.1) is 0 Å². The van der Waals surface area contributed by atoms with Crippen LogP contribution in [-0.2, 0) is 0 Å². The summed E-state index contributed by atoms with van der Waals surface area (Å²) in [6, 6.07) is 2.69. The topological polar surface area (TPSA) is 55.8 Å². The van der Waals surface area contributed by atoms with E-state index in [4.69, 9.17) is 14.6 Å².